The third kappa shape index (κ3) is 33.9. The van der Waals surface area contributed by atoms with Gasteiger partial charge >= 0.3 is 0 Å². The lowest BCUT2D eigenvalue weighted by molar-refractivity contribution is -0.0248. The van der Waals surface area contributed by atoms with E-state index in [1.165, 1.54) is 25.7 Å². The summed E-state index contributed by atoms with van der Waals surface area (Å²) in [6.45, 7) is 12.5. The molecule has 9 nitrogen and oxygen atoms in total. The van der Waals surface area contributed by atoms with E-state index in [4.69, 9.17) is 54.2 Å². The van der Waals surface area contributed by atoms with Crippen molar-refractivity contribution in [2.24, 2.45) is 0 Å². The second-order valence-electron chi connectivity index (χ2n) is 7.61. The van der Waals surface area contributed by atoms with Crippen molar-refractivity contribution in [2.45, 2.75) is 39.0 Å². The highest BCUT2D eigenvalue weighted by Gasteiger charge is 1.96. The van der Waals surface area contributed by atoms with Crippen LogP contribution < -0.4 is 0 Å². The van der Waals surface area contributed by atoms with Gasteiger partial charge in [0.2, 0.25) is 0 Å². The Hall–Kier alpha value is -0.0700. The third-order valence-electron chi connectivity index (χ3n) is 4.59. The average Bonchev–Trinajstić information content (AvgIpc) is 2.87. The second kappa shape index (κ2) is 33.9. The summed E-state index contributed by atoms with van der Waals surface area (Å²) >= 11 is 5.50. The van der Waals surface area contributed by atoms with Crippen LogP contribution in [0.5, 0.6) is 0 Å². The SMILES string of the molecule is CCCCCCCOCCOCCOCCOCCOCCOCCOCCOCCOCCCl. The van der Waals surface area contributed by atoms with Crippen LogP contribution in [0.4, 0.5) is 0 Å². The van der Waals surface area contributed by atoms with E-state index in [1.54, 1.807) is 0 Å². The van der Waals surface area contributed by atoms with Crippen molar-refractivity contribution in [3.63, 3.8) is 0 Å². The fourth-order valence-corrected chi connectivity index (χ4v) is 2.83. The summed E-state index contributed by atoms with van der Waals surface area (Å²) in [6, 6.07) is 0. The predicted octanol–water partition coefficient (Wildman–Crippen LogP) is 3.35. The number of alkyl halides is 1. The lowest BCUT2D eigenvalue weighted by Gasteiger charge is -2.09. The summed E-state index contributed by atoms with van der Waals surface area (Å²) in [6.07, 6.45) is 6.30. The number of unbranched alkanes of at least 4 members (excludes halogenated alkanes) is 4. The van der Waals surface area contributed by atoms with E-state index < -0.39 is 0 Å². The molecule has 0 aliphatic heterocycles. The van der Waals surface area contributed by atoms with Crippen molar-refractivity contribution in [3.05, 3.63) is 0 Å². The lowest BCUT2D eigenvalue weighted by atomic mass is 10.2. The first-order chi connectivity index (χ1) is 17.4. The van der Waals surface area contributed by atoms with Crippen LogP contribution in [0.3, 0.4) is 0 Å². The molecule has 0 aliphatic carbocycles. The van der Waals surface area contributed by atoms with Crippen molar-refractivity contribution in [2.75, 3.05) is 125 Å². The standard InChI is InChI=1S/C25H51ClO9/c1-2-3-4-5-6-8-27-10-12-29-14-16-31-18-20-33-22-24-35-25-23-34-21-19-32-17-15-30-13-11-28-9-7-26/h2-25H2,1H3. The summed E-state index contributed by atoms with van der Waals surface area (Å²) in [7, 11) is 0. The number of hydrogen-bond acceptors (Lipinski definition) is 9. The smallest absolute Gasteiger partial charge is 0.0701 e. The minimum absolute atomic E-state index is 0.505. The highest BCUT2D eigenvalue weighted by Crippen LogP contribution is 2.02. The van der Waals surface area contributed by atoms with Crippen LogP contribution in [0.25, 0.3) is 0 Å². The van der Waals surface area contributed by atoms with Gasteiger partial charge in [0.1, 0.15) is 0 Å². The summed E-state index contributed by atoms with van der Waals surface area (Å²) < 4.78 is 48.8. The molecule has 0 saturated heterocycles. The van der Waals surface area contributed by atoms with Gasteiger partial charge in [-0.1, -0.05) is 32.6 Å². The maximum Gasteiger partial charge on any atom is 0.0701 e. The van der Waals surface area contributed by atoms with Gasteiger partial charge in [0.25, 0.3) is 0 Å². The van der Waals surface area contributed by atoms with Gasteiger partial charge < -0.3 is 42.6 Å². The van der Waals surface area contributed by atoms with Crippen LogP contribution in [-0.4, -0.2) is 125 Å². The van der Waals surface area contributed by atoms with Gasteiger partial charge in [0.15, 0.2) is 0 Å². The summed E-state index contributed by atoms with van der Waals surface area (Å²) in [5.41, 5.74) is 0. The molecule has 0 aromatic heterocycles. The first-order valence-electron chi connectivity index (χ1n) is 13.2. The maximum absolute atomic E-state index is 5.55. The molecule has 0 spiro atoms. The number of halogens is 1. The molecule has 0 amide bonds. The first kappa shape index (κ1) is 34.9. The topological polar surface area (TPSA) is 83.1 Å². The van der Waals surface area contributed by atoms with Gasteiger partial charge in [-0.05, 0) is 6.42 Å². The molecule has 0 rings (SSSR count). The Kier molecular flexibility index (Phi) is 33.9. The highest BCUT2D eigenvalue weighted by atomic mass is 35.5. The zero-order chi connectivity index (χ0) is 25.3. The number of rotatable bonds is 32. The second-order valence-corrected chi connectivity index (χ2v) is 7.99. The monoisotopic (exact) mass is 530 g/mol. The quantitative estimate of drug-likeness (QED) is 0.0960. The summed E-state index contributed by atoms with van der Waals surface area (Å²) in [5, 5.41) is 0. The van der Waals surface area contributed by atoms with Crippen molar-refractivity contribution < 1.29 is 42.6 Å². The van der Waals surface area contributed by atoms with Crippen molar-refractivity contribution >= 4 is 11.6 Å². The predicted molar refractivity (Wildman–Crippen MR) is 137 cm³/mol. The van der Waals surface area contributed by atoms with E-state index in [0.717, 1.165) is 13.0 Å². The number of ether oxygens (including phenoxy) is 9. The van der Waals surface area contributed by atoms with Crippen molar-refractivity contribution in [1.29, 1.82) is 0 Å². The molecular weight excluding hydrogens is 480 g/mol. The fraction of sp³-hybridized carbons (Fsp3) is 1.00. The molecule has 0 heterocycles. The maximum atomic E-state index is 5.55. The largest absolute Gasteiger partial charge is 0.379 e. The molecule has 0 bridgehead atoms. The molecular formula is C25H51ClO9. The molecule has 0 radical (unpaired) electrons. The molecule has 0 atom stereocenters. The third-order valence-corrected chi connectivity index (χ3v) is 4.74. The van der Waals surface area contributed by atoms with Crippen LogP contribution in [0.2, 0.25) is 0 Å². The van der Waals surface area contributed by atoms with Gasteiger partial charge in [-0.3, -0.25) is 0 Å². The Bertz CT molecular complexity index is 336. The van der Waals surface area contributed by atoms with E-state index in [-0.39, 0.29) is 0 Å². The van der Waals surface area contributed by atoms with E-state index in [0.29, 0.717) is 118 Å². The van der Waals surface area contributed by atoms with Crippen LogP contribution in [0.15, 0.2) is 0 Å². The zero-order valence-electron chi connectivity index (χ0n) is 22.0. The molecule has 0 aromatic carbocycles. The van der Waals surface area contributed by atoms with Gasteiger partial charge in [-0.15, -0.1) is 11.6 Å². The molecule has 0 N–H and O–H groups in total. The normalized spacial score (nSPS) is 11.5. The molecule has 0 aromatic rings. The Labute approximate surface area is 218 Å². The van der Waals surface area contributed by atoms with Gasteiger partial charge in [0, 0.05) is 12.5 Å². The van der Waals surface area contributed by atoms with Gasteiger partial charge in [0.05, 0.1) is 112 Å². The molecule has 0 saturated carbocycles. The van der Waals surface area contributed by atoms with Crippen LogP contribution >= 0.6 is 11.6 Å². The minimum Gasteiger partial charge on any atom is -0.379 e. The Morgan fingerprint density at radius 3 is 0.857 bits per heavy atom. The van der Waals surface area contributed by atoms with E-state index >= 15 is 0 Å². The Morgan fingerprint density at radius 1 is 0.314 bits per heavy atom. The highest BCUT2D eigenvalue weighted by molar-refractivity contribution is 6.17. The fourth-order valence-electron chi connectivity index (χ4n) is 2.72. The van der Waals surface area contributed by atoms with E-state index in [1.807, 2.05) is 0 Å². The first-order valence-corrected chi connectivity index (χ1v) is 13.7. The Morgan fingerprint density at radius 2 is 0.571 bits per heavy atom. The zero-order valence-corrected chi connectivity index (χ0v) is 22.8. The molecule has 212 valence electrons. The lowest BCUT2D eigenvalue weighted by Crippen LogP contribution is -2.15. The van der Waals surface area contributed by atoms with E-state index in [9.17, 15) is 0 Å². The molecule has 0 fully saturated rings. The van der Waals surface area contributed by atoms with Crippen molar-refractivity contribution in [1.82, 2.24) is 0 Å². The molecule has 0 unspecified atom stereocenters. The Balaban J connectivity index is 3.00. The summed E-state index contributed by atoms with van der Waals surface area (Å²) in [4.78, 5) is 0. The van der Waals surface area contributed by atoms with Crippen molar-refractivity contribution in [3.8, 4) is 0 Å². The van der Waals surface area contributed by atoms with Crippen LogP contribution in [0, 0.1) is 0 Å². The molecule has 0 aliphatic rings. The minimum atomic E-state index is 0.505. The van der Waals surface area contributed by atoms with Gasteiger partial charge in [-0.25, -0.2) is 0 Å². The van der Waals surface area contributed by atoms with E-state index in [2.05, 4.69) is 6.92 Å². The average molecular weight is 531 g/mol. The van der Waals surface area contributed by atoms with Crippen LogP contribution in [0.1, 0.15) is 39.0 Å². The molecule has 35 heavy (non-hydrogen) atoms. The molecule has 10 heteroatoms. The summed E-state index contributed by atoms with van der Waals surface area (Å²) in [5.74, 6) is 0.505. The number of hydrogen-bond donors (Lipinski definition) is 0. The van der Waals surface area contributed by atoms with Crippen LogP contribution in [-0.2, 0) is 42.6 Å². The van der Waals surface area contributed by atoms with Gasteiger partial charge in [-0.2, -0.15) is 0 Å².